The molecule has 0 aromatic rings. The summed E-state index contributed by atoms with van der Waals surface area (Å²) in [6, 6.07) is 0. The van der Waals surface area contributed by atoms with E-state index in [9.17, 15) is 0 Å². The molecule has 0 aromatic heterocycles. The van der Waals surface area contributed by atoms with Crippen LogP contribution in [0, 0.1) is 5.92 Å². The van der Waals surface area contributed by atoms with Crippen molar-refractivity contribution in [1.82, 2.24) is 4.90 Å². The Bertz CT molecular complexity index is 187. The molecule has 102 valence electrons. The van der Waals surface area contributed by atoms with Crippen molar-refractivity contribution >= 4 is 0 Å². The first kappa shape index (κ1) is 15.0. The Morgan fingerprint density at radius 3 is 1.88 bits per heavy atom. The Balaban J connectivity index is 2.67. The van der Waals surface area contributed by atoms with Crippen molar-refractivity contribution in [1.29, 1.82) is 0 Å². The van der Waals surface area contributed by atoms with Crippen LogP contribution in [0.5, 0.6) is 0 Å². The van der Waals surface area contributed by atoms with E-state index in [4.69, 9.17) is 5.73 Å². The zero-order chi connectivity index (χ0) is 12.7. The van der Waals surface area contributed by atoms with Crippen LogP contribution < -0.4 is 5.73 Å². The van der Waals surface area contributed by atoms with Crippen LogP contribution in [-0.2, 0) is 0 Å². The van der Waals surface area contributed by atoms with Gasteiger partial charge in [-0.3, -0.25) is 4.90 Å². The minimum absolute atomic E-state index is 0.324. The van der Waals surface area contributed by atoms with Gasteiger partial charge >= 0.3 is 0 Å². The highest BCUT2D eigenvalue weighted by molar-refractivity contribution is 5.02. The van der Waals surface area contributed by atoms with Gasteiger partial charge in [-0.15, -0.1) is 0 Å². The van der Waals surface area contributed by atoms with Gasteiger partial charge in [-0.25, -0.2) is 0 Å². The Morgan fingerprint density at radius 1 is 1.06 bits per heavy atom. The first-order valence-electron chi connectivity index (χ1n) is 7.70. The lowest BCUT2D eigenvalue weighted by Crippen LogP contribution is -2.56. The molecule has 0 spiro atoms. The third-order valence-electron chi connectivity index (χ3n) is 4.50. The summed E-state index contributed by atoms with van der Waals surface area (Å²) in [6.45, 7) is 10.2. The Morgan fingerprint density at radius 2 is 1.59 bits per heavy atom. The molecule has 0 aromatic carbocycles. The highest BCUT2D eigenvalue weighted by Crippen LogP contribution is 2.44. The smallest absolute Gasteiger partial charge is 0.0357 e. The number of hydrogen-bond acceptors (Lipinski definition) is 2. The predicted molar refractivity (Wildman–Crippen MR) is 76.2 cm³/mol. The predicted octanol–water partition coefficient (Wildman–Crippen LogP) is 3.41. The highest BCUT2D eigenvalue weighted by atomic mass is 15.2. The van der Waals surface area contributed by atoms with Gasteiger partial charge in [0, 0.05) is 12.1 Å². The average molecular weight is 240 g/mol. The molecule has 0 saturated heterocycles. The summed E-state index contributed by atoms with van der Waals surface area (Å²) in [5.41, 5.74) is 6.49. The second-order valence-electron chi connectivity index (χ2n) is 5.63. The van der Waals surface area contributed by atoms with Gasteiger partial charge in [-0.1, -0.05) is 33.6 Å². The van der Waals surface area contributed by atoms with E-state index in [1.54, 1.807) is 0 Å². The summed E-state index contributed by atoms with van der Waals surface area (Å²) in [4.78, 5) is 2.73. The van der Waals surface area contributed by atoms with Crippen molar-refractivity contribution in [2.75, 3.05) is 19.6 Å². The van der Waals surface area contributed by atoms with E-state index in [0.717, 1.165) is 12.5 Å². The second kappa shape index (κ2) is 7.38. The molecule has 0 radical (unpaired) electrons. The van der Waals surface area contributed by atoms with Gasteiger partial charge in [0.15, 0.2) is 0 Å². The van der Waals surface area contributed by atoms with E-state index in [0.29, 0.717) is 5.54 Å². The Kier molecular flexibility index (Phi) is 6.50. The molecule has 1 saturated carbocycles. The lowest BCUT2D eigenvalue weighted by atomic mass is 9.87. The fraction of sp³-hybridized carbons (Fsp3) is 1.00. The zero-order valence-corrected chi connectivity index (χ0v) is 12.2. The van der Waals surface area contributed by atoms with E-state index < -0.39 is 0 Å². The molecule has 1 rings (SSSR count). The summed E-state index contributed by atoms with van der Waals surface area (Å²) in [6.07, 6.45) is 9.24. The summed E-state index contributed by atoms with van der Waals surface area (Å²) >= 11 is 0. The molecule has 0 amide bonds. The van der Waals surface area contributed by atoms with Crippen molar-refractivity contribution in [2.24, 2.45) is 11.7 Å². The molecule has 2 N–H and O–H groups in total. The maximum Gasteiger partial charge on any atom is 0.0357 e. The summed E-state index contributed by atoms with van der Waals surface area (Å²) < 4.78 is 0. The van der Waals surface area contributed by atoms with Gasteiger partial charge < -0.3 is 5.73 Å². The lowest BCUT2D eigenvalue weighted by Gasteiger charge is -2.44. The first-order valence-corrected chi connectivity index (χ1v) is 7.70. The van der Waals surface area contributed by atoms with Crippen molar-refractivity contribution < 1.29 is 0 Å². The monoisotopic (exact) mass is 240 g/mol. The van der Waals surface area contributed by atoms with Gasteiger partial charge in [-0.05, 0) is 51.1 Å². The van der Waals surface area contributed by atoms with Crippen molar-refractivity contribution in [2.45, 2.75) is 71.3 Å². The van der Waals surface area contributed by atoms with E-state index in [2.05, 4.69) is 25.7 Å². The van der Waals surface area contributed by atoms with E-state index in [-0.39, 0.29) is 0 Å². The molecule has 1 fully saturated rings. The molecule has 1 unspecified atom stereocenters. The van der Waals surface area contributed by atoms with Crippen LogP contribution in [-0.4, -0.2) is 30.1 Å². The van der Waals surface area contributed by atoms with Gasteiger partial charge in [0.05, 0.1) is 0 Å². The summed E-state index contributed by atoms with van der Waals surface area (Å²) in [5.74, 6) is 0.881. The molecule has 1 aliphatic carbocycles. The number of nitrogens with two attached hydrogens (primary N) is 1. The van der Waals surface area contributed by atoms with Gasteiger partial charge in [-0.2, -0.15) is 0 Å². The molecule has 17 heavy (non-hydrogen) atoms. The first-order chi connectivity index (χ1) is 8.25. The third kappa shape index (κ3) is 3.69. The van der Waals surface area contributed by atoms with E-state index in [1.165, 1.54) is 58.0 Å². The normalized spacial score (nSPS) is 19.6. The molecule has 0 heterocycles. The molecule has 1 atom stereocenters. The van der Waals surface area contributed by atoms with Crippen LogP contribution in [0.25, 0.3) is 0 Å². The van der Waals surface area contributed by atoms with Crippen molar-refractivity contribution in [3.05, 3.63) is 0 Å². The fourth-order valence-corrected chi connectivity index (χ4v) is 3.09. The molecule has 1 aliphatic rings. The van der Waals surface area contributed by atoms with Crippen molar-refractivity contribution in [3.8, 4) is 0 Å². The maximum absolute atomic E-state index is 6.16. The highest BCUT2D eigenvalue weighted by Gasteiger charge is 2.46. The minimum atomic E-state index is 0.324. The molecular formula is C15H32N2. The number of nitrogens with zero attached hydrogens (tertiary/aromatic N) is 1. The maximum atomic E-state index is 6.16. The lowest BCUT2D eigenvalue weighted by molar-refractivity contribution is 0.0649. The van der Waals surface area contributed by atoms with Crippen LogP contribution in [0.4, 0.5) is 0 Å². The Hall–Kier alpha value is -0.0800. The molecule has 0 bridgehead atoms. The molecule has 2 nitrogen and oxygen atoms in total. The van der Waals surface area contributed by atoms with Crippen LogP contribution in [0.2, 0.25) is 0 Å². The topological polar surface area (TPSA) is 29.3 Å². The standard InChI is InChI=1S/C15H32N2/c1-4-7-11-17(12-8-5-2)15(6-3,13-16)14-9-10-14/h14H,4-13,16H2,1-3H3. The third-order valence-corrected chi connectivity index (χ3v) is 4.50. The van der Waals surface area contributed by atoms with Crippen molar-refractivity contribution in [3.63, 3.8) is 0 Å². The minimum Gasteiger partial charge on any atom is -0.329 e. The van der Waals surface area contributed by atoms with Crippen LogP contribution in [0.3, 0.4) is 0 Å². The molecular weight excluding hydrogens is 208 g/mol. The average Bonchev–Trinajstić information content (AvgIpc) is 3.18. The van der Waals surface area contributed by atoms with Crippen LogP contribution in [0.15, 0.2) is 0 Å². The number of unbranched alkanes of at least 4 members (excludes halogenated alkanes) is 2. The quantitative estimate of drug-likeness (QED) is 0.634. The van der Waals surface area contributed by atoms with E-state index >= 15 is 0 Å². The SMILES string of the molecule is CCCCN(CCCC)C(CC)(CN)C1CC1. The molecule has 2 heteroatoms. The second-order valence-corrected chi connectivity index (χ2v) is 5.63. The van der Waals surface area contributed by atoms with Gasteiger partial charge in [0.25, 0.3) is 0 Å². The van der Waals surface area contributed by atoms with Gasteiger partial charge in [0.2, 0.25) is 0 Å². The van der Waals surface area contributed by atoms with Crippen LogP contribution in [0.1, 0.15) is 65.7 Å². The summed E-state index contributed by atoms with van der Waals surface area (Å²) in [5, 5.41) is 0. The number of hydrogen-bond donors (Lipinski definition) is 1. The largest absolute Gasteiger partial charge is 0.329 e. The zero-order valence-electron chi connectivity index (χ0n) is 12.2. The van der Waals surface area contributed by atoms with E-state index in [1.807, 2.05) is 0 Å². The van der Waals surface area contributed by atoms with Gasteiger partial charge in [0.1, 0.15) is 0 Å². The number of rotatable bonds is 10. The summed E-state index contributed by atoms with van der Waals surface area (Å²) in [7, 11) is 0. The fourth-order valence-electron chi connectivity index (χ4n) is 3.09. The van der Waals surface area contributed by atoms with Crippen LogP contribution >= 0.6 is 0 Å². The Labute approximate surface area is 108 Å². The molecule has 0 aliphatic heterocycles.